The standard InChI is InChI=1S/C12H11N3O2/c13-11(15-16)10-7-4-8-14-12(10)17-9-5-2-1-3-6-9/h1-8,16H,(H2,13,15). The number of para-hydroxylation sites is 1. The molecule has 2 aromatic rings. The van der Waals surface area contributed by atoms with Crippen LogP contribution in [0.5, 0.6) is 11.6 Å². The van der Waals surface area contributed by atoms with Crippen molar-refractivity contribution in [2.45, 2.75) is 0 Å². The van der Waals surface area contributed by atoms with Crippen molar-refractivity contribution in [2.75, 3.05) is 0 Å². The minimum absolute atomic E-state index is 0.0379. The summed E-state index contributed by atoms with van der Waals surface area (Å²) < 4.78 is 5.55. The molecule has 0 bridgehead atoms. The maximum atomic E-state index is 8.66. The van der Waals surface area contributed by atoms with Crippen molar-refractivity contribution < 1.29 is 9.94 Å². The predicted molar refractivity (Wildman–Crippen MR) is 63.3 cm³/mol. The van der Waals surface area contributed by atoms with Crippen LogP contribution in [0, 0.1) is 0 Å². The molecule has 1 aromatic heterocycles. The Morgan fingerprint density at radius 3 is 2.65 bits per heavy atom. The molecule has 0 saturated heterocycles. The first kappa shape index (κ1) is 10.9. The number of aromatic nitrogens is 1. The number of ether oxygens (including phenoxy) is 1. The molecule has 5 heteroatoms. The number of nitrogens with two attached hydrogens (primary N) is 1. The van der Waals surface area contributed by atoms with Gasteiger partial charge in [0.05, 0.1) is 5.56 Å². The zero-order valence-electron chi connectivity index (χ0n) is 8.95. The minimum atomic E-state index is -0.0379. The largest absolute Gasteiger partial charge is 0.438 e. The van der Waals surface area contributed by atoms with Crippen LogP contribution in [0.4, 0.5) is 0 Å². The molecule has 0 spiro atoms. The van der Waals surface area contributed by atoms with E-state index in [0.29, 0.717) is 17.2 Å². The van der Waals surface area contributed by atoms with Crippen LogP contribution in [0.3, 0.4) is 0 Å². The summed E-state index contributed by atoms with van der Waals surface area (Å²) in [5, 5.41) is 11.6. The molecule has 0 unspecified atom stereocenters. The van der Waals surface area contributed by atoms with Crippen molar-refractivity contribution in [2.24, 2.45) is 10.9 Å². The van der Waals surface area contributed by atoms with E-state index >= 15 is 0 Å². The quantitative estimate of drug-likeness (QED) is 0.365. The molecular weight excluding hydrogens is 218 g/mol. The van der Waals surface area contributed by atoms with Gasteiger partial charge in [-0.3, -0.25) is 0 Å². The van der Waals surface area contributed by atoms with Gasteiger partial charge in [0, 0.05) is 6.20 Å². The Labute approximate surface area is 98.2 Å². The first-order valence-corrected chi connectivity index (χ1v) is 4.97. The van der Waals surface area contributed by atoms with E-state index in [1.165, 1.54) is 0 Å². The Kier molecular flexibility index (Phi) is 3.20. The number of benzene rings is 1. The summed E-state index contributed by atoms with van der Waals surface area (Å²) in [6.45, 7) is 0. The molecule has 0 atom stereocenters. The van der Waals surface area contributed by atoms with Crippen LogP contribution in [-0.2, 0) is 0 Å². The van der Waals surface area contributed by atoms with Gasteiger partial charge in [-0.25, -0.2) is 4.98 Å². The third-order valence-corrected chi connectivity index (χ3v) is 2.11. The van der Waals surface area contributed by atoms with Crippen LogP contribution in [0.25, 0.3) is 0 Å². The lowest BCUT2D eigenvalue weighted by Crippen LogP contribution is -2.14. The minimum Gasteiger partial charge on any atom is -0.438 e. The normalized spacial score (nSPS) is 11.2. The highest BCUT2D eigenvalue weighted by molar-refractivity contribution is 5.99. The van der Waals surface area contributed by atoms with E-state index in [4.69, 9.17) is 15.7 Å². The zero-order valence-corrected chi connectivity index (χ0v) is 8.95. The highest BCUT2D eigenvalue weighted by Gasteiger charge is 2.09. The lowest BCUT2D eigenvalue weighted by atomic mass is 10.2. The second-order valence-corrected chi connectivity index (χ2v) is 3.26. The molecule has 86 valence electrons. The van der Waals surface area contributed by atoms with Crippen LogP contribution in [-0.4, -0.2) is 16.0 Å². The Hall–Kier alpha value is -2.56. The summed E-state index contributed by atoms with van der Waals surface area (Å²) in [6, 6.07) is 12.5. The molecule has 1 heterocycles. The average Bonchev–Trinajstić information content (AvgIpc) is 2.40. The van der Waals surface area contributed by atoms with Crippen molar-refractivity contribution >= 4 is 5.84 Å². The fraction of sp³-hybridized carbons (Fsp3) is 0. The van der Waals surface area contributed by atoms with Gasteiger partial charge in [0.25, 0.3) is 0 Å². The van der Waals surface area contributed by atoms with Crippen LogP contribution in [0.1, 0.15) is 5.56 Å². The lowest BCUT2D eigenvalue weighted by molar-refractivity contribution is 0.318. The number of hydrogen-bond donors (Lipinski definition) is 2. The third kappa shape index (κ3) is 2.52. The number of oxime groups is 1. The van der Waals surface area contributed by atoms with E-state index in [1.807, 2.05) is 18.2 Å². The molecule has 0 aliphatic rings. The van der Waals surface area contributed by atoms with Gasteiger partial charge in [0.2, 0.25) is 5.88 Å². The monoisotopic (exact) mass is 229 g/mol. The van der Waals surface area contributed by atoms with Gasteiger partial charge in [-0.15, -0.1) is 0 Å². The van der Waals surface area contributed by atoms with Crippen LogP contribution in [0.15, 0.2) is 53.8 Å². The fourth-order valence-corrected chi connectivity index (χ4v) is 1.32. The molecule has 0 radical (unpaired) electrons. The van der Waals surface area contributed by atoms with Crippen molar-refractivity contribution in [3.8, 4) is 11.6 Å². The van der Waals surface area contributed by atoms with E-state index < -0.39 is 0 Å². The average molecular weight is 229 g/mol. The van der Waals surface area contributed by atoms with Crippen molar-refractivity contribution in [3.05, 3.63) is 54.2 Å². The second kappa shape index (κ2) is 4.98. The molecule has 0 fully saturated rings. The second-order valence-electron chi connectivity index (χ2n) is 3.26. The summed E-state index contributed by atoms with van der Waals surface area (Å²) in [6.07, 6.45) is 1.58. The highest BCUT2D eigenvalue weighted by Crippen LogP contribution is 2.22. The Bertz CT molecular complexity index is 526. The summed E-state index contributed by atoms with van der Waals surface area (Å²) in [5.41, 5.74) is 5.97. The molecule has 2 rings (SSSR count). The van der Waals surface area contributed by atoms with Crippen LogP contribution >= 0.6 is 0 Å². The van der Waals surface area contributed by atoms with Crippen molar-refractivity contribution in [1.29, 1.82) is 0 Å². The van der Waals surface area contributed by atoms with E-state index in [9.17, 15) is 0 Å². The molecule has 0 amide bonds. The smallest absolute Gasteiger partial charge is 0.230 e. The summed E-state index contributed by atoms with van der Waals surface area (Å²) in [4.78, 5) is 4.05. The highest BCUT2D eigenvalue weighted by atomic mass is 16.5. The first-order valence-electron chi connectivity index (χ1n) is 4.97. The molecule has 3 N–H and O–H groups in total. The number of rotatable bonds is 3. The maximum Gasteiger partial charge on any atom is 0.230 e. The number of nitrogens with zero attached hydrogens (tertiary/aromatic N) is 2. The van der Waals surface area contributed by atoms with Gasteiger partial charge in [0.1, 0.15) is 5.75 Å². The van der Waals surface area contributed by atoms with E-state index in [2.05, 4.69) is 10.1 Å². The Morgan fingerprint density at radius 2 is 1.94 bits per heavy atom. The van der Waals surface area contributed by atoms with Gasteiger partial charge in [-0.05, 0) is 24.3 Å². The van der Waals surface area contributed by atoms with Crippen molar-refractivity contribution in [1.82, 2.24) is 4.98 Å². The molecule has 0 aliphatic carbocycles. The first-order chi connectivity index (χ1) is 8.31. The van der Waals surface area contributed by atoms with E-state index in [0.717, 1.165) is 0 Å². The predicted octanol–water partition coefficient (Wildman–Crippen LogP) is 1.97. The van der Waals surface area contributed by atoms with E-state index in [1.54, 1.807) is 30.5 Å². The number of hydrogen-bond acceptors (Lipinski definition) is 4. The maximum absolute atomic E-state index is 8.66. The topological polar surface area (TPSA) is 80.7 Å². The van der Waals surface area contributed by atoms with E-state index in [-0.39, 0.29) is 5.84 Å². The SMILES string of the molecule is N/C(=N/O)c1cccnc1Oc1ccccc1. The molecule has 0 saturated carbocycles. The van der Waals surface area contributed by atoms with Crippen LogP contribution in [0.2, 0.25) is 0 Å². The molecule has 1 aromatic carbocycles. The summed E-state index contributed by atoms with van der Waals surface area (Å²) in [5.74, 6) is 0.899. The van der Waals surface area contributed by atoms with Gasteiger partial charge >= 0.3 is 0 Å². The zero-order chi connectivity index (χ0) is 12.1. The van der Waals surface area contributed by atoms with Gasteiger partial charge in [0.15, 0.2) is 5.84 Å². The van der Waals surface area contributed by atoms with Gasteiger partial charge in [-0.1, -0.05) is 23.4 Å². The van der Waals surface area contributed by atoms with Crippen LogP contribution < -0.4 is 10.5 Å². The number of pyridine rings is 1. The third-order valence-electron chi connectivity index (χ3n) is 2.11. The van der Waals surface area contributed by atoms with Gasteiger partial charge < -0.3 is 15.7 Å². The Balaban J connectivity index is 2.33. The molecule has 17 heavy (non-hydrogen) atoms. The molecule has 0 aliphatic heterocycles. The molecule has 5 nitrogen and oxygen atoms in total. The summed E-state index contributed by atoms with van der Waals surface area (Å²) >= 11 is 0. The fourth-order valence-electron chi connectivity index (χ4n) is 1.32. The molecular formula is C12H11N3O2. The lowest BCUT2D eigenvalue weighted by Gasteiger charge is -2.08. The summed E-state index contributed by atoms with van der Waals surface area (Å²) in [7, 11) is 0. The number of amidine groups is 1. The Morgan fingerprint density at radius 1 is 1.18 bits per heavy atom. The van der Waals surface area contributed by atoms with Gasteiger partial charge in [-0.2, -0.15) is 0 Å². The van der Waals surface area contributed by atoms with Crippen molar-refractivity contribution in [3.63, 3.8) is 0 Å².